The molecule has 4 heterocycles. The van der Waals surface area contributed by atoms with Crippen LogP contribution >= 0.6 is 23.2 Å². The highest BCUT2D eigenvalue weighted by molar-refractivity contribution is 6.29. The Balaban J connectivity index is 0.000000121. The molecule has 100 valence electrons. The van der Waals surface area contributed by atoms with Crippen LogP contribution in [0.1, 0.15) is 0 Å². The van der Waals surface area contributed by atoms with Gasteiger partial charge >= 0.3 is 0 Å². The molecular formula is C12H8Cl2N6. The number of imidazole rings is 2. The van der Waals surface area contributed by atoms with Crippen molar-refractivity contribution in [2.24, 2.45) is 0 Å². The Labute approximate surface area is 123 Å². The Bertz CT molecular complexity index is 715. The number of hydrogen-bond acceptors (Lipinski definition) is 4. The molecule has 0 aliphatic heterocycles. The Hall–Kier alpha value is -2.18. The standard InChI is InChI=1S/2C6H4ClN3/c2*7-5-4-10-6(9-5)2-1-3-8-10/h2*1-4H. The first-order chi connectivity index (χ1) is 9.72. The maximum Gasteiger partial charge on any atom is 0.155 e. The van der Waals surface area contributed by atoms with Gasteiger partial charge in [0.2, 0.25) is 0 Å². The summed E-state index contributed by atoms with van der Waals surface area (Å²) in [5.74, 6) is 0. The van der Waals surface area contributed by atoms with E-state index in [9.17, 15) is 0 Å². The molecule has 0 aliphatic carbocycles. The van der Waals surface area contributed by atoms with Gasteiger partial charge in [0, 0.05) is 12.4 Å². The lowest BCUT2D eigenvalue weighted by Gasteiger charge is -1.85. The fourth-order valence-electron chi connectivity index (χ4n) is 1.60. The van der Waals surface area contributed by atoms with Gasteiger partial charge in [-0.2, -0.15) is 10.2 Å². The quantitative estimate of drug-likeness (QED) is 0.501. The molecule has 0 unspecified atom stereocenters. The minimum absolute atomic E-state index is 0.471. The van der Waals surface area contributed by atoms with E-state index < -0.39 is 0 Å². The smallest absolute Gasteiger partial charge is 0.155 e. The van der Waals surface area contributed by atoms with E-state index >= 15 is 0 Å². The van der Waals surface area contributed by atoms with Crippen molar-refractivity contribution in [2.75, 3.05) is 0 Å². The Morgan fingerprint density at radius 3 is 1.60 bits per heavy atom. The second kappa shape index (κ2) is 5.44. The van der Waals surface area contributed by atoms with Gasteiger partial charge in [0.15, 0.2) is 11.3 Å². The molecule has 0 fully saturated rings. The maximum absolute atomic E-state index is 5.61. The second-order valence-electron chi connectivity index (χ2n) is 3.78. The molecule has 4 rings (SSSR count). The van der Waals surface area contributed by atoms with Crippen LogP contribution in [0.2, 0.25) is 10.3 Å². The molecule has 0 aliphatic rings. The number of halogens is 2. The number of hydrogen-bond donors (Lipinski definition) is 0. The summed E-state index contributed by atoms with van der Waals surface area (Å²) in [6.07, 6.45) is 6.70. The van der Waals surface area contributed by atoms with Crippen LogP contribution in [0, 0.1) is 0 Å². The SMILES string of the molecule is Clc1cn2ncccc2n1.Clc1cn2ncccc2n1. The monoisotopic (exact) mass is 306 g/mol. The summed E-state index contributed by atoms with van der Waals surface area (Å²) in [6, 6.07) is 7.33. The van der Waals surface area contributed by atoms with E-state index in [0.717, 1.165) is 11.3 Å². The first kappa shape index (κ1) is 12.8. The van der Waals surface area contributed by atoms with E-state index in [1.807, 2.05) is 24.3 Å². The zero-order valence-electron chi connectivity index (χ0n) is 10.1. The van der Waals surface area contributed by atoms with Crippen LogP contribution in [-0.2, 0) is 0 Å². The van der Waals surface area contributed by atoms with Gasteiger partial charge in [-0.25, -0.2) is 19.0 Å². The molecule has 6 nitrogen and oxygen atoms in total. The summed E-state index contributed by atoms with van der Waals surface area (Å²) in [7, 11) is 0. The largest absolute Gasteiger partial charge is 0.220 e. The highest BCUT2D eigenvalue weighted by Crippen LogP contribution is 2.07. The van der Waals surface area contributed by atoms with Gasteiger partial charge in [-0.1, -0.05) is 23.2 Å². The Kier molecular flexibility index (Phi) is 3.49. The van der Waals surface area contributed by atoms with Gasteiger partial charge in [0.25, 0.3) is 0 Å². The lowest BCUT2D eigenvalue weighted by atomic mass is 10.6. The van der Waals surface area contributed by atoms with Crippen LogP contribution in [0.5, 0.6) is 0 Å². The summed E-state index contributed by atoms with van der Waals surface area (Å²) in [4.78, 5) is 7.96. The van der Waals surface area contributed by atoms with Gasteiger partial charge < -0.3 is 0 Å². The summed E-state index contributed by atoms with van der Waals surface area (Å²) in [5, 5.41) is 8.89. The molecule has 0 spiro atoms. The molecule has 0 radical (unpaired) electrons. The molecule has 0 N–H and O–H groups in total. The van der Waals surface area contributed by atoms with Crippen LogP contribution in [-0.4, -0.2) is 29.2 Å². The minimum Gasteiger partial charge on any atom is -0.220 e. The van der Waals surface area contributed by atoms with Crippen LogP contribution in [0.25, 0.3) is 11.3 Å². The van der Waals surface area contributed by atoms with Gasteiger partial charge in [0.05, 0.1) is 12.4 Å². The normalized spacial score (nSPS) is 10.5. The molecule has 0 atom stereocenters. The van der Waals surface area contributed by atoms with Crippen molar-refractivity contribution in [1.82, 2.24) is 29.2 Å². The van der Waals surface area contributed by atoms with E-state index in [4.69, 9.17) is 23.2 Å². The molecule has 0 amide bonds. The minimum atomic E-state index is 0.471. The molecule has 4 aromatic heterocycles. The van der Waals surface area contributed by atoms with Crippen LogP contribution in [0.3, 0.4) is 0 Å². The van der Waals surface area contributed by atoms with E-state index in [-0.39, 0.29) is 0 Å². The molecule has 0 saturated carbocycles. The zero-order valence-corrected chi connectivity index (χ0v) is 11.6. The van der Waals surface area contributed by atoms with Gasteiger partial charge in [-0.15, -0.1) is 0 Å². The molecule has 0 aromatic carbocycles. The average Bonchev–Trinajstić information content (AvgIpc) is 2.99. The maximum atomic E-state index is 5.61. The van der Waals surface area contributed by atoms with E-state index in [1.54, 1.807) is 33.8 Å². The van der Waals surface area contributed by atoms with Crippen molar-refractivity contribution in [3.63, 3.8) is 0 Å². The Morgan fingerprint density at radius 1 is 0.750 bits per heavy atom. The predicted molar refractivity (Wildman–Crippen MR) is 76.0 cm³/mol. The third-order valence-electron chi connectivity index (χ3n) is 2.41. The van der Waals surface area contributed by atoms with Crippen molar-refractivity contribution in [3.8, 4) is 0 Å². The number of rotatable bonds is 0. The molecule has 4 aromatic rings. The van der Waals surface area contributed by atoms with Crippen LogP contribution in [0.15, 0.2) is 49.1 Å². The van der Waals surface area contributed by atoms with Crippen molar-refractivity contribution in [1.29, 1.82) is 0 Å². The predicted octanol–water partition coefficient (Wildman–Crippen LogP) is 2.77. The average molecular weight is 307 g/mol. The molecule has 20 heavy (non-hydrogen) atoms. The molecule has 8 heteroatoms. The summed E-state index contributed by atoms with van der Waals surface area (Å²) in [5.41, 5.74) is 1.54. The van der Waals surface area contributed by atoms with Crippen molar-refractivity contribution in [2.45, 2.75) is 0 Å². The highest BCUT2D eigenvalue weighted by atomic mass is 35.5. The first-order valence-corrected chi connectivity index (χ1v) is 6.40. The lowest BCUT2D eigenvalue weighted by molar-refractivity contribution is 0.936. The van der Waals surface area contributed by atoms with Crippen LogP contribution < -0.4 is 0 Å². The lowest BCUT2D eigenvalue weighted by Crippen LogP contribution is -1.85. The van der Waals surface area contributed by atoms with Gasteiger partial charge in [-0.05, 0) is 24.3 Å². The van der Waals surface area contributed by atoms with E-state index in [1.165, 1.54) is 0 Å². The molecule has 0 bridgehead atoms. The fourth-order valence-corrected chi connectivity index (χ4v) is 1.96. The fraction of sp³-hybridized carbons (Fsp3) is 0. The van der Waals surface area contributed by atoms with Gasteiger partial charge in [-0.3, -0.25) is 0 Å². The second-order valence-corrected chi connectivity index (χ2v) is 4.55. The van der Waals surface area contributed by atoms with Crippen molar-refractivity contribution >= 4 is 34.5 Å². The summed E-state index contributed by atoms with van der Waals surface area (Å²) in [6.45, 7) is 0. The highest BCUT2D eigenvalue weighted by Gasteiger charge is 1.96. The number of fused-ring (bicyclic) bond motifs is 2. The number of aromatic nitrogens is 6. The van der Waals surface area contributed by atoms with Crippen LogP contribution in [0.4, 0.5) is 0 Å². The van der Waals surface area contributed by atoms with E-state index in [2.05, 4.69) is 20.2 Å². The summed E-state index contributed by atoms with van der Waals surface area (Å²) >= 11 is 11.2. The van der Waals surface area contributed by atoms with E-state index in [0.29, 0.717) is 10.3 Å². The van der Waals surface area contributed by atoms with Gasteiger partial charge in [0.1, 0.15) is 10.3 Å². The third kappa shape index (κ3) is 2.71. The third-order valence-corrected chi connectivity index (χ3v) is 2.78. The van der Waals surface area contributed by atoms with Crippen molar-refractivity contribution in [3.05, 3.63) is 59.4 Å². The molecular weight excluding hydrogens is 299 g/mol. The first-order valence-electron chi connectivity index (χ1n) is 5.64. The zero-order chi connectivity index (χ0) is 13.9. The number of nitrogens with zero attached hydrogens (tertiary/aromatic N) is 6. The molecule has 0 saturated heterocycles. The summed E-state index contributed by atoms with van der Waals surface area (Å²) < 4.78 is 3.25. The Morgan fingerprint density at radius 2 is 1.20 bits per heavy atom. The van der Waals surface area contributed by atoms with Crippen molar-refractivity contribution < 1.29 is 0 Å². The topological polar surface area (TPSA) is 60.4 Å².